The Balaban J connectivity index is 1.92. The van der Waals surface area contributed by atoms with Gasteiger partial charge in [-0.25, -0.2) is 0 Å². The summed E-state index contributed by atoms with van der Waals surface area (Å²) in [6, 6.07) is 14.2. The molecule has 3 rings (SSSR count). The van der Waals surface area contributed by atoms with Gasteiger partial charge in [-0.3, -0.25) is 0 Å². The molecule has 0 aliphatic rings. The van der Waals surface area contributed by atoms with Crippen molar-refractivity contribution in [3.63, 3.8) is 0 Å². The Labute approximate surface area is 122 Å². The maximum absolute atomic E-state index is 10.0. The van der Waals surface area contributed by atoms with Crippen LogP contribution in [0, 0.1) is 0 Å². The lowest BCUT2D eigenvalue weighted by Crippen LogP contribution is -2.04. The van der Waals surface area contributed by atoms with Gasteiger partial charge in [-0.05, 0) is 31.2 Å². The number of aryl methyl sites for hydroxylation is 1. The summed E-state index contributed by atoms with van der Waals surface area (Å²) in [6.45, 7) is 3.16. The van der Waals surface area contributed by atoms with Gasteiger partial charge in [-0.2, -0.15) is 0 Å². The normalized spacial score (nSPS) is 10.9. The first-order valence-corrected chi connectivity index (χ1v) is 6.91. The summed E-state index contributed by atoms with van der Waals surface area (Å²) in [5, 5.41) is 20.5. The van der Waals surface area contributed by atoms with Gasteiger partial charge in [0.1, 0.15) is 23.9 Å². The molecule has 0 fully saturated rings. The average molecular weight is 283 g/mol. The summed E-state index contributed by atoms with van der Waals surface area (Å²) in [5.74, 6) is 1.08. The highest BCUT2D eigenvalue weighted by Crippen LogP contribution is 2.29. The topological polar surface area (TPSA) is 54.6 Å². The summed E-state index contributed by atoms with van der Waals surface area (Å²) in [6.07, 6.45) is 0. The van der Waals surface area contributed by atoms with Crippen LogP contribution in [0.4, 0.5) is 0 Å². The van der Waals surface area contributed by atoms with Crippen LogP contribution in [0.15, 0.2) is 48.5 Å². The predicted molar refractivity (Wildman–Crippen MR) is 81.7 cm³/mol. The van der Waals surface area contributed by atoms with Gasteiger partial charge in [0.05, 0.1) is 11.2 Å². The zero-order chi connectivity index (χ0) is 14.8. The van der Waals surface area contributed by atoms with Crippen molar-refractivity contribution in [3.05, 3.63) is 54.2 Å². The van der Waals surface area contributed by atoms with Gasteiger partial charge in [0, 0.05) is 18.0 Å². The third kappa shape index (κ3) is 2.52. The van der Waals surface area contributed by atoms with Crippen molar-refractivity contribution < 1.29 is 14.9 Å². The van der Waals surface area contributed by atoms with Gasteiger partial charge in [0.15, 0.2) is 0 Å². The zero-order valence-electron chi connectivity index (χ0n) is 11.8. The second kappa shape index (κ2) is 5.40. The van der Waals surface area contributed by atoms with E-state index in [1.807, 2.05) is 29.7 Å². The van der Waals surface area contributed by atoms with Crippen molar-refractivity contribution in [3.8, 4) is 17.2 Å². The van der Waals surface area contributed by atoms with Crippen LogP contribution in [-0.4, -0.2) is 14.8 Å². The maximum Gasteiger partial charge on any atom is 0.139 e. The van der Waals surface area contributed by atoms with E-state index in [-0.39, 0.29) is 11.5 Å². The van der Waals surface area contributed by atoms with Crippen molar-refractivity contribution >= 4 is 10.9 Å². The van der Waals surface area contributed by atoms with Crippen LogP contribution < -0.4 is 4.74 Å². The zero-order valence-corrected chi connectivity index (χ0v) is 11.8. The molecule has 2 aromatic carbocycles. The van der Waals surface area contributed by atoms with E-state index in [2.05, 4.69) is 0 Å². The first-order valence-electron chi connectivity index (χ1n) is 6.91. The highest BCUT2D eigenvalue weighted by molar-refractivity contribution is 5.86. The number of benzene rings is 2. The van der Waals surface area contributed by atoms with Crippen molar-refractivity contribution in [2.24, 2.45) is 0 Å². The fourth-order valence-electron chi connectivity index (χ4n) is 2.57. The average Bonchev–Trinajstić information content (AvgIpc) is 2.84. The first kappa shape index (κ1) is 13.4. The lowest BCUT2D eigenvalue weighted by Gasteiger charge is -2.10. The maximum atomic E-state index is 10.0. The van der Waals surface area contributed by atoms with E-state index in [1.54, 1.807) is 30.3 Å². The molecule has 21 heavy (non-hydrogen) atoms. The van der Waals surface area contributed by atoms with Crippen molar-refractivity contribution in [2.45, 2.75) is 20.1 Å². The van der Waals surface area contributed by atoms with Crippen LogP contribution in [0.25, 0.3) is 10.9 Å². The molecule has 0 atom stereocenters. The monoisotopic (exact) mass is 283 g/mol. The molecule has 3 aromatic rings. The minimum atomic E-state index is 0.182. The number of phenolic OH excluding ortho intramolecular Hbond substituents is 2. The molecule has 1 aromatic heterocycles. The van der Waals surface area contributed by atoms with Crippen molar-refractivity contribution in [1.29, 1.82) is 0 Å². The highest BCUT2D eigenvalue weighted by atomic mass is 16.5. The number of hydrogen-bond acceptors (Lipinski definition) is 3. The number of ether oxygens (including phenoxy) is 1. The van der Waals surface area contributed by atoms with E-state index in [1.165, 1.54) is 0 Å². The summed E-state index contributed by atoms with van der Waals surface area (Å²) in [7, 11) is 0. The SMILES string of the molecule is CCn1c(COc2cccc(O)c2)cc2cccc(O)c21. The lowest BCUT2D eigenvalue weighted by molar-refractivity contribution is 0.294. The summed E-state index contributed by atoms with van der Waals surface area (Å²) < 4.78 is 7.76. The Bertz CT molecular complexity index is 777. The molecule has 0 saturated carbocycles. The van der Waals surface area contributed by atoms with Crippen molar-refractivity contribution in [2.75, 3.05) is 0 Å². The van der Waals surface area contributed by atoms with E-state index in [0.717, 1.165) is 23.1 Å². The molecule has 0 saturated heterocycles. The molecule has 4 heteroatoms. The van der Waals surface area contributed by atoms with Crippen LogP contribution in [0.2, 0.25) is 0 Å². The molecule has 0 radical (unpaired) electrons. The van der Waals surface area contributed by atoms with Gasteiger partial charge in [-0.1, -0.05) is 18.2 Å². The van der Waals surface area contributed by atoms with Gasteiger partial charge in [0.25, 0.3) is 0 Å². The Morgan fingerprint density at radius 2 is 1.86 bits per heavy atom. The predicted octanol–water partition coefficient (Wildman–Crippen LogP) is 3.65. The van der Waals surface area contributed by atoms with Crippen LogP contribution in [0.3, 0.4) is 0 Å². The molecule has 108 valence electrons. The fraction of sp³-hybridized carbons (Fsp3) is 0.176. The van der Waals surface area contributed by atoms with Crippen LogP contribution in [0.5, 0.6) is 17.2 Å². The second-order valence-corrected chi connectivity index (χ2v) is 4.88. The summed E-state index contributed by atoms with van der Waals surface area (Å²) in [5.41, 5.74) is 1.81. The number of phenols is 2. The Morgan fingerprint density at radius 1 is 1.05 bits per heavy atom. The first-order chi connectivity index (χ1) is 10.2. The molecule has 0 unspecified atom stereocenters. The summed E-state index contributed by atoms with van der Waals surface area (Å²) in [4.78, 5) is 0. The van der Waals surface area contributed by atoms with E-state index in [9.17, 15) is 10.2 Å². The smallest absolute Gasteiger partial charge is 0.139 e. The summed E-state index contributed by atoms with van der Waals surface area (Å²) >= 11 is 0. The van der Waals surface area contributed by atoms with Crippen LogP contribution >= 0.6 is 0 Å². The third-order valence-electron chi connectivity index (χ3n) is 3.51. The fourth-order valence-corrected chi connectivity index (χ4v) is 2.57. The number of aromatic nitrogens is 1. The van der Waals surface area contributed by atoms with Gasteiger partial charge in [0.2, 0.25) is 0 Å². The largest absolute Gasteiger partial charge is 0.508 e. The van der Waals surface area contributed by atoms with Gasteiger partial charge >= 0.3 is 0 Å². The van der Waals surface area contributed by atoms with E-state index >= 15 is 0 Å². The van der Waals surface area contributed by atoms with Crippen molar-refractivity contribution in [1.82, 2.24) is 4.57 Å². The standard InChI is InChI=1S/C17H17NO3/c1-2-18-13(9-12-5-3-8-16(20)17(12)18)11-21-15-7-4-6-14(19)10-15/h3-10,19-20H,2,11H2,1H3. The minimum Gasteiger partial charge on any atom is -0.508 e. The molecule has 0 amide bonds. The molecule has 0 bridgehead atoms. The van der Waals surface area contributed by atoms with E-state index in [4.69, 9.17) is 4.74 Å². The molecular weight excluding hydrogens is 266 g/mol. The molecule has 0 aliphatic carbocycles. The molecule has 4 nitrogen and oxygen atoms in total. The van der Waals surface area contributed by atoms with Crippen LogP contribution in [-0.2, 0) is 13.2 Å². The Hall–Kier alpha value is -2.62. The molecule has 0 aliphatic heterocycles. The van der Waals surface area contributed by atoms with Gasteiger partial charge < -0.3 is 19.5 Å². The third-order valence-corrected chi connectivity index (χ3v) is 3.51. The number of para-hydroxylation sites is 1. The number of nitrogens with zero attached hydrogens (tertiary/aromatic N) is 1. The molecule has 1 heterocycles. The number of hydrogen-bond donors (Lipinski definition) is 2. The molecule has 2 N–H and O–H groups in total. The molecule has 0 spiro atoms. The lowest BCUT2D eigenvalue weighted by atomic mass is 10.2. The van der Waals surface area contributed by atoms with E-state index in [0.29, 0.717) is 12.4 Å². The second-order valence-electron chi connectivity index (χ2n) is 4.88. The Morgan fingerprint density at radius 3 is 2.62 bits per heavy atom. The number of rotatable bonds is 4. The quantitative estimate of drug-likeness (QED) is 0.768. The number of aromatic hydroxyl groups is 2. The van der Waals surface area contributed by atoms with Crippen LogP contribution in [0.1, 0.15) is 12.6 Å². The van der Waals surface area contributed by atoms with Gasteiger partial charge in [-0.15, -0.1) is 0 Å². The Kier molecular flexibility index (Phi) is 3.44. The highest BCUT2D eigenvalue weighted by Gasteiger charge is 2.11. The van der Waals surface area contributed by atoms with E-state index < -0.39 is 0 Å². The number of fused-ring (bicyclic) bond motifs is 1. The minimum absolute atomic E-state index is 0.182. The molecular formula is C17H17NO3.